The van der Waals surface area contributed by atoms with Gasteiger partial charge in [-0.15, -0.1) is 24.0 Å². The summed E-state index contributed by atoms with van der Waals surface area (Å²) in [6.45, 7) is 3.83. The fraction of sp³-hybridized carbons (Fsp3) is 0.522. The van der Waals surface area contributed by atoms with Crippen molar-refractivity contribution in [3.63, 3.8) is 0 Å². The van der Waals surface area contributed by atoms with Gasteiger partial charge in [-0.25, -0.2) is 9.67 Å². The number of nitrogens with zero attached hydrogens (tertiary/aromatic N) is 4. The maximum absolute atomic E-state index is 12.8. The topological polar surface area (TPSA) is 83.8 Å². The van der Waals surface area contributed by atoms with E-state index in [9.17, 15) is 4.79 Å². The van der Waals surface area contributed by atoms with Crippen LogP contribution in [0.3, 0.4) is 0 Å². The highest BCUT2D eigenvalue weighted by Gasteiger charge is 2.42. The van der Waals surface area contributed by atoms with Gasteiger partial charge in [0.1, 0.15) is 5.75 Å². The summed E-state index contributed by atoms with van der Waals surface area (Å²) in [6, 6.07) is 9.72. The van der Waals surface area contributed by atoms with Gasteiger partial charge in [-0.3, -0.25) is 4.79 Å². The SMILES string of the molecule is CCNC(=NCc1ccn(-c2ccc(OC)cc2)n1)NCC1(C(=O)N(C)C)CCCC1.I. The van der Waals surface area contributed by atoms with Gasteiger partial charge in [-0.2, -0.15) is 5.10 Å². The van der Waals surface area contributed by atoms with Gasteiger partial charge in [-0.1, -0.05) is 12.8 Å². The minimum absolute atomic E-state index is 0. The second-order valence-electron chi connectivity index (χ2n) is 8.19. The van der Waals surface area contributed by atoms with Crippen LogP contribution >= 0.6 is 24.0 Å². The summed E-state index contributed by atoms with van der Waals surface area (Å²) in [7, 11) is 5.32. The lowest BCUT2D eigenvalue weighted by Crippen LogP contribution is -2.49. The molecule has 1 amide bonds. The Bertz CT molecular complexity index is 888. The van der Waals surface area contributed by atoms with E-state index in [-0.39, 0.29) is 35.3 Å². The first-order valence-electron chi connectivity index (χ1n) is 10.9. The summed E-state index contributed by atoms with van der Waals surface area (Å²) in [6.07, 6.45) is 5.96. The number of ether oxygens (including phenoxy) is 1. The molecule has 1 aliphatic rings. The Balaban J connectivity index is 0.00000363. The highest BCUT2D eigenvalue weighted by Crippen LogP contribution is 2.38. The highest BCUT2D eigenvalue weighted by atomic mass is 127. The van der Waals surface area contributed by atoms with Crippen molar-refractivity contribution in [1.82, 2.24) is 25.3 Å². The number of halogens is 1. The summed E-state index contributed by atoms with van der Waals surface area (Å²) in [5.74, 6) is 1.72. The molecule has 0 aliphatic heterocycles. The molecular weight excluding hydrogens is 519 g/mol. The third-order valence-corrected chi connectivity index (χ3v) is 5.74. The van der Waals surface area contributed by atoms with Gasteiger partial charge >= 0.3 is 0 Å². The molecule has 0 spiro atoms. The first kappa shape index (κ1) is 26.0. The van der Waals surface area contributed by atoms with Crippen molar-refractivity contribution in [3.8, 4) is 11.4 Å². The predicted octanol–water partition coefficient (Wildman–Crippen LogP) is 3.20. The molecule has 1 fully saturated rings. The lowest BCUT2D eigenvalue weighted by molar-refractivity contribution is -0.138. The summed E-state index contributed by atoms with van der Waals surface area (Å²) in [5.41, 5.74) is 1.50. The van der Waals surface area contributed by atoms with E-state index in [1.165, 1.54) is 0 Å². The average molecular weight is 554 g/mol. The molecule has 32 heavy (non-hydrogen) atoms. The van der Waals surface area contributed by atoms with Gasteiger partial charge in [0, 0.05) is 33.4 Å². The number of carbonyl (C=O) groups excluding carboxylic acids is 1. The molecule has 8 nitrogen and oxygen atoms in total. The largest absolute Gasteiger partial charge is 0.497 e. The molecule has 0 radical (unpaired) electrons. The molecule has 3 rings (SSSR count). The van der Waals surface area contributed by atoms with Crippen molar-refractivity contribution < 1.29 is 9.53 Å². The first-order valence-corrected chi connectivity index (χ1v) is 10.9. The van der Waals surface area contributed by atoms with Crippen LogP contribution in [-0.2, 0) is 11.3 Å². The zero-order valence-corrected chi connectivity index (χ0v) is 21.8. The van der Waals surface area contributed by atoms with Crippen LogP contribution in [0.2, 0.25) is 0 Å². The van der Waals surface area contributed by atoms with Gasteiger partial charge < -0.3 is 20.3 Å². The van der Waals surface area contributed by atoms with Gasteiger partial charge in [0.05, 0.1) is 30.5 Å². The molecule has 2 N–H and O–H groups in total. The molecule has 1 saturated carbocycles. The van der Waals surface area contributed by atoms with Gasteiger partial charge in [-0.05, 0) is 50.1 Å². The van der Waals surface area contributed by atoms with E-state index in [2.05, 4.69) is 20.7 Å². The van der Waals surface area contributed by atoms with Crippen LogP contribution in [-0.4, -0.2) is 60.8 Å². The molecule has 1 aliphatic carbocycles. The summed E-state index contributed by atoms with van der Waals surface area (Å²) < 4.78 is 7.04. The van der Waals surface area contributed by atoms with Gasteiger partial charge in [0.25, 0.3) is 0 Å². The Morgan fingerprint density at radius 2 is 1.88 bits per heavy atom. The molecule has 1 aromatic heterocycles. The molecule has 2 aromatic rings. The fourth-order valence-corrected chi connectivity index (χ4v) is 4.07. The Morgan fingerprint density at radius 3 is 2.47 bits per heavy atom. The second-order valence-corrected chi connectivity index (χ2v) is 8.19. The number of aliphatic imine (C=N–C) groups is 1. The van der Waals surface area contributed by atoms with E-state index in [0.717, 1.165) is 49.4 Å². The molecule has 176 valence electrons. The molecule has 0 atom stereocenters. The number of hydrogen-bond acceptors (Lipinski definition) is 4. The number of amides is 1. The van der Waals surface area contributed by atoms with Crippen LogP contribution in [0, 0.1) is 5.41 Å². The molecule has 0 unspecified atom stereocenters. The Morgan fingerprint density at radius 1 is 1.19 bits per heavy atom. The Labute approximate surface area is 207 Å². The van der Waals surface area contributed by atoms with E-state index in [1.807, 2.05) is 62.2 Å². The zero-order chi connectivity index (χ0) is 22.3. The van der Waals surface area contributed by atoms with E-state index in [0.29, 0.717) is 19.0 Å². The van der Waals surface area contributed by atoms with Crippen molar-refractivity contribution in [3.05, 3.63) is 42.2 Å². The third-order valence-electron chi connectivity index (χ3n) is 5.74. The number of carbonyl (C=O) groups is 1. The lowest BCUT2D eigenvalue weighted by Gasteiger charge is -2.31. The van der Waals surface area contributed by atoms with E-state index >= 15 is 0 Å². The quantitative estimate of drug-likeness (QED) is 0.298. The maximum Gasteiger partial charge on any atom is 0.230 e. The fourth-order valence-electron chi connectivity index (χ4n) is 4.07. The normalized spacial score (nSPS) is 15.1. The minimum Gasteiger partial charge on any atom is -0.497 e. The summed E-state index contributed by atoms with van der Waals surface area (Å²) >= 11 is 0. The molecule has 0 saturated heterocycles. The number of rotatable bonds is 8. The Kier molecular flexibility index (Phi) is 9.80. The van der Waals surface area contributed by atoms with Crippen molar-refractivity contribution >= 4 is 35.8 Å². The summed E-state index contributed by atoms with van der Waals surface area (Å²) in [5, 5.41) is 11.3. The third kappa shape index (κ3) is 6.36. The van der Waals surface area contributed by atoms with Crippen LogP contribution in [0.5, 0.6) is 5.75 Å². The van der Waals surface area contributed by atoms with Crippen LogP contribution in [0.4, 0.5) is 0 Å². The van der Waals surface area contributed by atoms with Gasteiger partial charge in [0.2, 0.25) is 5.91 Å². The smallest absolute Gasteiger partial charge is 0.230 e. The van der Waals surface area contributed by atoms with Crippen molar-refractivity contribution in [2.24, 2.45) is 10.4 Å². The molecule has 0 bridgehead atoms. The van der Waals surface area contributed by atoms with Crippen molar-refractivity contribution in [2.45, 2.75) is 39.2 Å². The number of benzene rings is 1. The number of hydrogen-bond donors (Lipinski definition) is 2. The zero-order valence-electron chi connectivity index (χ0n) is 19.4. The first-order chi connectivity index (χ1) is 15.0. The molecule has 9 heteroatoms. The second kappa shape index (κ2) is 12.1. The molecular formula is C23H35IN6O2. The van der Waals surface area contributed by atoms with Crippen LogP contribution in [0.1, 0.15) is 38.3 Å². The highest BCUT2D eigenvalue weighted by molar-refractivity contribution is 14.0. The van der Waals surface area contributed by atoms with Crippen LogP contribution < -0.4 is 15.4 Å². The van der Waals surface area contributed by atoms with Gasteiger partial charge in [0.15, 0.2) is 5.96 Å². The van der Waals surface area contributed by atoms with Crippen LogP contribution in [0.15, 0.2) is 41.5 Å². The standard InChI is InChI=1S/C23H34N6O2.HI/c1-5-24-22(26-17-23(13-6-7-14-23)21(30)28(2)3)25-16-18-12-15-29(27-18)19-8-10-20(31-4)11-9-19;/h8-12,15H,5-7,13-14,16-17H2,1-4H3,(H2,24,25,26);1H. The monoisotopic (exact) mass is 554 g/mol. The van der Waals surface area contributed by atoms with E-state index < -0.39 is 0 Å². The Hall–Kier alpha value is -2.30. The number of aromatic nitrogens is 2. The van der Waals surface area contributed by atoms with E-state index in [4.69, 9.17) is 4.74 Å². The van der Waals surface area contributed by atoms with Crippen molar-refractivity contribution in [1.29, 1.82) is 0 Å². The number of nitrogens with one attached hydrogen (secondary N) is 2. The minimum atomic E-state index is -0.338. The van der Waals surface area contributed by atoms with Crippen LogP contribution in [0.25, 0.3) is 5.69 Å². The molecule has 1 heterocycles. The van der Waals surface area contributed by atoms with Crippen molar-refractivity contribution in [2.75, 3.05) is 34.3 Å². The number of methoxy groups -OCH3 is 1. The maximum atomic E-state index is 12.8. The lowest BCUT2D eigenvalue weighted by atomic mass is 9.84. The average Bonchev–Trinajstić information content (AvgIpc) is 3.46. The molecule has 1 aromatic carbocycles. The van der Waals surface area contributed by atoms with E-state index in [1.54, 1.807) is 12.0 Å². The predicted molar refractivity (Wildman–Crippen MR) is 138 cm³/mol. The summed E-state index contributed by atoms with van der Waals surface area (Å²) in [4.78, 5) is 19.2. The number of guanidine groups is 1.